The largest absolute Gasteiger partial charge is 0.493 e. The normalized spacial score (nSPS) is 24.9. The quantitative estimate of drug-likeness (QED) is 0.767. The van der Waals surface area contributed by atoms with Gasteiger partial charge in [-0.1, -0.05) is 0 Å². The van der Waals surface area contributed by atoms with E-state index in [4.69, 9.17) is 4.74 Å². The van der Waals surface area contributed by atoms with Gasteiger partial charge in [-0.2, -0.15) is 0 Å². The van der Waals surface area contributed by atoms with Gasteiger partial charge in [-0.25, -0.2) is 0 Å². The van der Waals surface area contributed by atoms with Crippen LogP contribution in [0.5, 0.6) is 5.75 Å². The van der Waals surface area contributed by atoms with Gasteiger partial charge in [0.15, 0.2) is 5.78 Å². The van der Waals surface area contributed by atoms with Crippen LogP contribution in [0.25, 0.3) is 0 Å². The van der Waals surface area contributed by atoms with Gasteiger partial charge in [0, 0.05) is 17.4 Å². The average molecular weight is 244 g/mol. The molecule has 1 heterocycles. The van der Waals surface area contributed by atoms with Crippen molar-refractivity contribution in [1.82, 2.24) is 0 Å². The number of Topliss-reactive ketones (excluding diaryl/α,β-unsaturated/α-hetero) is 2. The summed E-state index contributed by atoms with van der Waals surface area (Å²) in [6, 6.07) is 5.64. The molecule has 3 heteroatoms. The maximum absolute atomic E-state index is 12.2. The van der Waals surface area contributed by atoms with E-state index in [1.807, 2.05) is 18.2 Å². The van der Waals surface area contributed by atoms with Crippen LogP contribution >= 0.6 is 0 Å². The van der Waals surface area contributed by atoms with Crippen molar-refractivity contribution in [3.63, 3.8) is 0 Å². The van der Waals surface area contributed by atoms with E-state index in [-0.39, 0.29) is 23.4 Å². The monoisotopic (exact) mass is 244 g/mol. The van der Waals surface area contributed by atoms with Crippen LogP contribution < -0.4 is 4.74 Å². The van der Waals surface area contributed by atoms with E-state index in [1.54, 1.807) is 6.92 Å². The van der Waals surface area contributed by atoms with E-state index in [0.717, 1.165) is 42.7 Å². The molecule has 2 aliphatic rings. The van der Waals surface area contributed by atoms with Crippen molar-refractivity contribution >= 4 is 11.6 Å². The number of carbonyl (C=O) groups excluding carboxylic acids is 2. The number of rotatable bonds is 3. The van der Waals surface area contributed by atoms with Crippen LogP contribution in [0.3, 0.4) is 0 Å². The zero-order valence-electron chi connectivity index (χ0n) is 10.4. The second-order valence-corrected chi connectivity index (χ2v) is 5.20. The first-order valence-corrected chi connectivity index (χ1v) is 6.47. The Morgan fingerprint density at radius 3 is 2.83 bits per heavy atom. The van der Waals surface area contributed by atoms with Gasteiger partial charge in [0.25, 0.3) is 0 Å². The Morgan fingerprint density at radius 1 is 1.28 bits per heavy atom. The van der Waals surface area contributed by atoms with Gasteiger partial charge >= 0.3 is 0 Å². The van der Waals surface area contributed by atoms with Crippen LogP contribution in [0.4, 0.5) is 0 Å². The zero-order valence-corrected chi connectivity index (χ0v) is 10.4. The molecule has 0 radical (unpaired) electrons. The maximum Gasteiger partial charge on any atom is 0.166 e. The lowest BCUT2D eigenvalue weighted by atomic mass is 9.99. The van der Waals surface area contributed by atoms with E-state index in [1.165, 1.54) is 0 Å². The second kappa shape index (κ2) is 4.23. The highest BCUT2D eigenvalue weighted by molar-refractivity contribution is 6.03. The summed E-state index contributed by atoms with van der Waals surface area (Å²) in [5.74, 6) is 1.03. The third kappa shape index (κ3) is 1.94. The summed E-state index contributed by atoms with van der Waals surface area (Å²) < 4.78 is 5.53. The molecule has 1 aliphatic heterocycles. The number of hydrogen-bond acceptors (Lipinski definition) is 3. The molecule has 0 amide bonds. The minimum atomic E-state index is -0.0786. The first kappa shape index (κ1) is 11.5. The predicted molar refractivity (Wildman–Crippen MR) is 66.9 cm³/mol. The summed E-state index contributed by atoms with van der Waals surface area (Å²) in [6.45, 7) is 2.33. The molecular weight excluding hydrogens is 228 g/mol. The van der Waals surface area contributed by atoms with Crippen molar-refractivity contribution < 1.29 is 14.3 Å². The summed E-state index contributed by atoms with van der Waals surface area (Å²) >= 11 is 0. The highest BCUT2D eigenvalue weighted by Gasteiger charge is 2.46. The van der Waals surface area contributed by atoms with Gasteiger partial charge in [0.2, 0.25) is 0 Å². The molecular formula is C15H16O3. The van der Waals surface area contributed by atoms with Gasteiger partial charge in [-0.05, 0) is 49.9 Å². The predicted octanol–water partition coefficient (Wildman–Crippen LogP) is 2.42. The Balaban J connectivity index is 1.81. The number of aryl methyl sites for hydroxylation is 1. The number of carbonyl (C=O) groups is 2. The van der Waals surface area contributed by atoms with Crippen molar-refractivity contribution in [1.29, 1.82) is 0 Å². The van der Waals surface area contributed by atoms with E-state index in [9.17, 15) is 9.59 Å². The minimum Gasteiger partial charge on any atom is -0.493 e. The fraction of sp³-hybridized carbons (Fsp3) is 0.467. The Morgan fingerprint density at radius 2 is 2.11 bits per heavy atom. The van der Waals surface area contributed by atoms with Gasteiger partial charge in [-0.3, -0.25) is 9.59 Å². The van der Waals surface area contributed by atoms with E-state index < -0.39 is 0 Å². The Bertz CT molecular complexity index is 518. The van der Waals surface area contributed by atoms with E-state index in [0.29, 0.717) is 0 Å². The van der Waals surface area contributed by atoms with Crippen molar-refractivity contribution in [2.45, 2.75) is 26.2 Å². The van der Waals surface area contributed by atoms with Crippen LogP contribution in [0, 0.1) is 11.8 Å². The third-order valence-corrected chi connectivity index (χ3v) is 3.84. The van der Waals surface area contributed by atoms with Gasteiger partial charge < -0.3 is 4.74 Å². The molecule has 1 aromatic rings. The number of hydrogen-bond donors (Lipinski definition) is 0. The first-order valence-electron chi connectivity index (χ1n) is 6.47. The van der Waals surface area contributed by atoms with E-state index in [2.05, 4.69) is 0 Å². The van der Waals surface area contributed by atoms with Crippen molar-refractivity contribution in [2.24, 2.45) is 11.8 Å². The fourth-order valence-electron chi connectivity index (χ4n) is 2.66. The molecule has 1 aromatic carbocycles. The molecule has 3 nitrogen and oxygen atoms in total. The summed E-state index contributed by atoms with van der Waals surface area (Å²) in [4.78, 5) is 23.4. The molecule has 1 aliphatic carbocycles. The second-order valence-electron chi connectivity index (χ2n) is 5.20. The molecule has 18 heavy (non-hydrogen) atoms. The lowest BCUT2D eigenvalue weighted by molar-refractivity contribution is -0.118. The van der Waals surface area contributed by atoms with Crippen LogP contribution in [0.2, 0.25) is 0 Å². The third-order valence-electron chi connectivity index (χ3n) is 3.84. The molecule has 0 spiro atoms. The standard InChI is InChI=1S/C15H16O3/c1-9(16)12-8-13(12)15(17)11-4-5-14-10(7-11)3-2-6-18-14/h4-5,7,12-13H,2-3,6,8H2,1H3/t12-,13-/m0/s1. The van der Waals surface area contributed by atoms with Gasteiger partial charge in [0.05, 0.1) is 6.61 Å². The smallest absolute Gasteiger partial charge is 0.166 e. The summed E-state index contributed by atoms with van der Waals surface area (Å²) in [5.41, 5.74) is 1.85. The Kier molecular flexibility index (Phi) is 2.69. The Hall–Kier alpha value is -1.64. The zero-order chi connectivity index (χ0) is 12.7. The van der Waals surface area contributed by atoms with Gasteiger partial charge in [0.1, 0.15) is 11.5 Å². The van der Waals surface area contributed by atoms with E-state index >= 15 is 0 Å². The Labute approximate surface area is 106 Å². The van der Waals surface area contributed by atoms with Crippen LogP contribution in [-0.2, 0) is 11.2 Å². The van der Waals surface area contributed by atoms with Crippen molar-refractivity contribution in [3.8, 4) is 5.75 Å². The topological polar surface area (TPSA) is 43.4 Å². The molecule has 0 unspecified atom stereocenters. The molecule has 0 aromatic heterocycles. The van der Waals surface area contributed by atoms with Crippen LogP contribution in [0.1, 0.15) is 35.7 Å². The maximum atomic E-state index is 12.2. The number of ketones is 2. The average Bonchev–Trinajstić information content (AvgIpc) is 3.17. The summed E-state index contributed by atoms with van der Waals surface area (Å²) in [6.07, 6.45) is 2.70. The molecule has 2 atom stereocenters. The minimum absolute atomic E-state index is 0.0372. The van der Waals surface area contributed by atoms with Gasteiger partial charge in [-0.15, -0.1) is 0 Å². The lowest BCUT2D eigenvalue weighted by Crippen LogP contribution is -2.11. The fourth-order valence-corrected chi connectivity index (χ4v) is 2.66. The number of fused-ring (bicyclic) bond motifs is 1. The van der Waals surface area contributed by atoms with Crippen molar-refractivity contribution in [2.75, 3.05) is 6.61 Å². The van der Waals surface area contributed by atoms with Crippen LogP contribution in [-0.4, -0.2) is 18.2 Å². The molecule has 94 valence electrons. The first-order chi connectivity index (χ1) is 8.66. The molecule has 0 saturated heterocycles. The molecule has 1 fully saturated rings. The highest BCUT2D eigenvalue weighted by atomic mass is 16.5. The highest BCUT2D eigenvalue weighted by Crippen LogP contribution is 2.42. The molecule has 3 rings (SSSR count). The molecule has 0 bridgehead atoms. The molecule has 1 saturated carbocycles. The van der Waals surface area contributed by atoms with Crippen LogP contribution in [0.15, 0.2) is 18.2 Å². The summed E-state index contributed by atoms with van der Waals surface area (Å²) in [7, 11) is 0. The lowest BCUT2D eigenvalue weighted by Gasteiger charge is -2.17. The molecule has 0 N–H and O–H groups in total. The van der Waals surface area contributed by atoms with Crippen molar-refractivity contribution in [3.05, 3.63) is 29.3 Å². The SMILES string of the molecule is CC(=O)[C@@H]1C[C@@H]1C(=O)c1ccc2c(c1)CCCO2. The number of ether oxygens (including phenoxy) is 1. The number of benzene rings is 1. The summed E-state index contributed by atoms with van der Waals surface area (Å²) in [5, 5.41) is 0.